The Morgan fingerprint density at radius 3 is 1.01 bits per heavy atom. The maximum atomic E-state index is 10.5. The van der Waals surface area contributed by atoms with Crippen LogP contribution in [0.25, 0.3) is 0 Å². The van der Waals surface area contributed by atoms with Crippen LogP contribution in [0.3, 0.4) is 0 Å². The molecule has 0 unspecified atom stereocenters. The molecule has 0 bridgehead atoms. The second-order valence-electron chi connectivity index (χ2n) is 22.1. The Balaban J connectivity index is 0.000000473. The van der Waals surface area contributed by atoms with Crippen molar-refractivity contribution in [2.45, 2.75) is 262 Å². The van der Waals surface area contributed by atoms with Crippen LogP contribution in [0, 0.1) is 5.92 Å². The summed E-state index contributed by atoms with van der Waals surface area (Å²) in [4.78, 5) is 10.5. The number of morpholine rings is 4. The SMILES string of the molecule is CCC[C@@H]1CNCCO1.CCC[C@H]1CNCCO1.CC[C@@H]1CNCCO1.CC[C@H]1CNCCO1.CC[C@H]1NC[C@H](C)[C@@H]1O.CC[C@H]1OC(=O)[C@H](O)[C@@H]1O.CC[C@H]1OC[C@H](O)[C@@H]1O.CC[C@H]1O[C@@H](OC)[C@H](O)[C@@H]1O.CC[C@H]1O[C@H](OC)[C@H](O)[C@@H]1O. The molecule has 9 heterocycles. The van der Waals surface area contributed by atoms with Crippen molar-refractivity contribution in [3.05, 3.63) is 0 Å². The molecule has 9 saturated heterocycles. The van der Waals surface area contributed by atoms with Crippen molar-refractivity contribution >= 4 is 5.97 Å². The van der Waals surface area contributed by atoms with Crippen LogP contribution in [0.4, 0.5) is 0 Å². The molecule has 9 aliphatic heterocycles. The zero-order chi connectivity index (χ0) is 63.0. The van der Waals surface area contributed by atoms with E-state index in [4.69, 9.17) is 63.1 Å². The van der Waals surface area contributed by atoms with Gasteiger partial charge in [0.1, 0.15) is 48.8 Å². The standard InChI is InChI=1S/3C7H15NO.2C7H14O4.2C6H13NO.C6H10O4.C6H12O3/c1-3-6-7(9)5(2)4-8-6;2*1-2-3-7-6-8-4-5-9-7;2*1-3-4-5(8)6(9)7(10-2)11-4;2*1-2-6-5-7-3-4-8-6;1-2-3-4(7)5(8)6(9)10-3;1-2-5-6(8)4(7)3-9-5/h5-9H,3-4H2,1-2H3;2*7-8H,2-6H2,1H3;2*4-9H,3H2,1-2H3;2*6-7H,2-5H2,1H3;3-5,7-8H,2H2,1H3;4-8H,2-3H2,1H3/t5-,6+,7-;2*7-;4-,5-,6-,7+;4-,5-,6-,7-;2*6-;3-,4-,5-;4-,5+,6-/m010111010/s1. The Labute approximate surface area is 503 Å². The summed E-state index contributed by atoms with van der Waals surface area (Å²) in [6.07, 6.45) is 2.83. The number of methoxy groups -OCH3 is 2. The smallest absolute Gasteiger partial charge is 0.338 e. The summed E-state index contributed by atoms with van der Waals surface area (Å²) < 4.78 is 51.2. The van der Waals surface area contributed by atoms with Crippen LogP contribution < -0.4 is 26.6 Å². The van der Waals surface area contributed by atoms with Crippen molar-refractivity contribution in [1.82, 2.24) is 26.6 Å². The van der Waals surface area contributed by atoms with Gasteiger partial charge < -0.3 is 120 Å². The lowest BCUT2D eigenvalue weighted by atomic mass is 10.0. The summed E-state index contributed by atoms with van der Waals surface area (Å²) >= 11 is 0. The number of aliphatic hydroxyl groups excluding tert-OH is 9. The normalized spacial score (nSPS) is 37.7. The first-order chi connectivity index (χ1) is 40.3. The number of carbonyl (C=O) groups excluding carboxylic acids is 1. The first kappa shape index (κ1) is 80.6. The second-order valence-corrected chi connectivity index (χ2v) is 22.1. The van der Waals surface area contributed by atoms with Gasteiger partial charge >= 0.3 is 5.97 Å². The van der Waals surface area contributed by atoms with Crippen LogP contribution in [0.2, 0.25) is 0 Å². The third-order valence-corrected chi connectivity index (χ3v) is 15.5. The molecule has 0 aliphatic carbocycles. The molecule has 0 amide bonds. The second kappa shape index (κ2) is 48.4. The largest absolute Gasteiger partial charge is 0.458 e. The Hall–Kier alpha value is -1.45. The molecule has 0 aromatic heterocycles. The summed E-state index contributed by atoms with van der Waals surface area (Å²) in [7, 11) is 2.89. The molecule has 0 saturated carbocycles. The van der Waals surface area contributed by atoms with E-state index < -0.39 is 73.5 Å². The van der Waals surface area contributed by atoms with E-state index in [1.807, 2.05) is 20.8 Å². The van der Waals surface area contributed by atoms with Crippen LogP contribution in [0.15, 0.2) is 0 Å². The first-order valence-corrected chi connectivity index (χ1v) is 31.6. The average Bonchev–Trinajstić information content (AvgIpc) is 4.51. The van der Waals surface area contributed by atoms with E-state index in [0.29, 0.717) is 55.6 Å². The van der Waals surface area contributed by atoms with Crippen LogP contribution >= 0.6 is 0 Å². The molecule has 0 aromatic carbocycles. The number of hydrogen-bond acceptors (Lipinski definition) is 25. The van der Waals surface area contributed by atoms with Gasteiger partial charge in [0, 0.05) is 79.2 Å². The fourth-order valence-electron chi connectivity index (χ4n) is 9.86. The number of carbonyl (C=O) groups is 1. The van der Waals surface area contributed by atoms with E-state index in [2.05, 4.69) is 72.9 Å². The Kier molecular flexibility index (Phi) is 46.4. The lowest BCUT2D eigenvalue weighted by Crippen LogP contribution is -2.38. The topological polar surface area (TPSA) is 352 Å². The molecule has 502 valence electrons. The molecule has 21 atom stereocenters. The minimum Gasteiger partial charge on any atom is -0.458 e. The minimum atomic E-state index is -1.34. The highest BCUT2D eigenvalue weighted by Crippen LogP contribution is 2.25. The van der Waals surface area contributed by atoms with Crippen LogP contribution in [-0.4, -0.2) is 280 Å². The molecule has 0 radical (unpaired) electrons. The maximum Gasteiger partial charge on any atom is 0.338 e. The van der Waals surface area contributed by atoms with Gasteiger partial charge in [0.15, 0.2) is 18.7 Å². The quantitative estimate of drug-likeness (QED) is 0.110. The van der Waals surface area contributed by atoms with Gasteiger partial charge in [-0.3, -0.25) is 0 Å². The van der Waals surface area contributed by atoms with Gasteiger partial charge in [-0.05, 0) is 63.7 Å². The molecule has 0 spiro atoms. The number of nitrogens with one attached hydrogen (secondary N) is 5. The predicted octanol–water partition coefficient (Wildman–Crippen LogP) is 0.224. The highest BCUT2D eigenvalue weighted by atomic mass is 16.7. The number of aliphatic hydroxyl groups is 9. The van der Waals surface area contributed by atoms with Crippen molar-refractivity contribution in [1.29, 1.82) is 0 Å². The van der Waals surface area contributed by atoms with Crippen molar-refractivity contribution in [2.24, 2.45) is 5.92 Å². The first-order valence-electron chi connectivity index (χ1n) is 31.6. The zero-order valence-electron chi connectivity index (χ0n) is 53.3. The molecule has 9 aliphatic rings. The van der Waals surface area contributed by atoms with Gasteiger partial charge in [0.05, 0.1) is 81.9 Å². The van der Waals surface area contributed by atoms with Gasteiger partial charge in [0.2, 0.25) is 0 Å². The van der Waals surface area contributed by atoms with E-state index in [-0.39, 0.29) is 31.0 Å². The number of esters is 1. The number of rotatable bonds is 13. The summed E-state index contributed by atoms with van der Waals surface area (Å²) in [6.45, 7) is 33.4. The monoisotopic (exact) mass is 1220 g/mol. The summed E-state index contributed by atoms with van der Waals surface area (Å²) in [5, 5.41) is 98.8. The van der Waals surface area contributed by atoms with Gasteiger partial charge in [-0.25, -0.2) is 4.79 Å². The van der Waals surface area contributed by atoms with E-state index >= 15 is 0 Å². The van der Waals surface area contributed by atoms with Gasteiger partial charge in [-0.1, -0.05) is 82.1 Å². The average molecular weight is 1220 g/mol. The lowest BCUT2D eigenvalue weighted by molar-refractivity contribution is -0.148. The number of cyclic esters (lactones) is 1. The van der Waals surface area contributed by atoms with Crippen LogP contribution in [0.1, 0.15) is 140 Å². The lowest BCUT2D eigenvalue weighted by Gasteiger charge is -2.22. The molecule has 84 heavy (non-hydrogen) atoms. The van der Waals surface area contributed by atoms with Crippen LogP contribution in [-0.2, 0) is 52.2 Å². The minimum absolute atomic E-state index is 0.116. The molecular formula is C59H121N5O20. The Morgan fingerprint density at radius 2 is 0.833 bits per heavy atom. The third-order valence-electron chi connectivity index (χ3n) is 15.5. The molecule has 25 nitrogen and oxygen atoms in total. The number of hydrogen-bond donors (Lipinski definition) is 14. The van der Waals surface area contributed by atoms with Crippen LogP contribution in [0.5, 0.6) is 0 Å². The summed E-state index contributed by atoms with van der Waals surface area (Å²) in [5.41, 5.74) is 0. The highest BCUT2D eigenvalue weighted by molar-refractivity contribution is 5.77. The number of ether oxygens (including phenoxy) is 10. The van der Waals surface area contributed by atoms with Gasteiger partial charge in [-0.2, -0.15) is 0 Å². The molecule has 25 heteroatoms. The highest BCUT2D eigenvalue weighted by Gasteiger charge is 2.43. The predicted molar refractivity (Wildman–Crippen MR) is 318 cm³/mol. The fraction of sp³-hybridized carbons (Fsp3) is 0.983. The van der Waals surface area contributed by atoms with E-state index in [1.165, 1.54) is 39.9 Å². The van der Waals surface area contributed by atoms with Crippen molar-refractivity contribution in [3.63, 3.8) is 0 Å². The van der Waals surface area contributed by atoms with Gasteiger partial charge in [-0.15, -0.1) is 0 Å². The summed E-state index contributed by atoms with van der Waals surface area (Å²) in [5.74, 6) is -0.283. The Bertz CT molecular complexity index is 1410. The van der Waals surface area contributed by atoms with Gasteiger partial charge in [0.25, 0.3) is 0 Å². The molecule has 14 N–H and O–H groups in total. The molecular weight excluding hydrogens is 1100 g/mol. The Morgan fingerprint density at radius 1 is 0.440 bits per heavy atom. The maximum absolute atomic E-state index is 10.5. The van der Waals surface area contributed by atoms with Crippen molar-refractivity contribution < 1.29 is 98.1 Å². The van der Waals surface area contributed by atoms with Crippen molar-refractivity contribution in [3.8, 4) is 0 Å². The molecule has 9 rings (SSSR count). The van der Waals surface area contributed by atoms with E-state index in [9.17, 15) is 30.3 Å². The van der Waals surface area contributed by atoms with E-state index in [0.717, 1.165) is 111 Å². The van der Waals surface area contributed by atoms with E-state index in [1.54, 1.807) is 6.92 Å². The summed E-state index contributed by atoms with van der Waals surface area (Å²) in [6, 6.07) is 0.347. The molecule has 9 fully saturated rings. The fourth-order valence-corrected chi connectivity index (χ4v) is 9.86. The van der Waals surface area contributed by atoms with Crippen molar-refractivity contribution in [2.75, 3.05) is 106 Å². The molecule has 0 aromatic rings. The third kappa shape index (κ3) is 30.8. The zero-order valence-corrected chi connectivity index (χ0v) is 53.3.